The normalized spacial score (nSPS) is 17.2. The Morgan fingerprint density at radius 2 is 1.75 bits per heavy atom. The summed E-state index contributed by atoms with van der Waals surface area (Å²) in [5.41, 5.74) is 0.175. The van der Waals surface area contributed by atoms with Crippen molar-refractivity contribution in [2.45, 2.75) is 22.4 Å². The standard InChI is InChI=1S/C20H19F3N2O2S/c21-20(22,23)14-5-6-18-16(13-14)25(15-3-1-2-4-17(15)28-18)19(26)7-8-24-9-11-27-12-10-24/h1-6,13H,7-12H2. The molecular formula is C20H19F3N2O2S. The lowest BCUT2D eigenvalue weighted by Crippen LogP contribution is -2.39. The Morgan fingerprint density at radius 3 is 2.50 bits per heavy atom. The number of alkyl halides is 3. The minimum atomic E-state index is -4.46. The summed E-state index contributed by atoms with van der Waals surface area (Å²) in [5.74, 6) is -0.209. The Kier molecular flexibility index (Phi) is 5.35. The second kappa shape index (κ2) is 7.77. The summed E-state index contributed by atoms with van der Waals surface area (Å²) in [5, 5.41) is 0. The first-order valence-corrected chi connectivity index (χ1v) is 9.86. The summed E-state index contributed by atoms with van der Waals surface area (Å²) in [6.45, 7) is 3.34. The maximum atomic E-state index is 13.2. The van der Waals surface area contributed by atoms with Crippen molar-refractivity contribution >= 4 is 29.0 Å². The molecule has 0 aliphatic carbocycles. The zero-order chi connectivity index (χ0) is 19.7. The quantitative estimate of drug-likeness (QED) is 0.746. The fourth-order valence-corrected chi connectivity index (χ4v) is 4.43. The van der Waals surface area contributed by atoms with E-state index in [2.05, 4.69) is 4.90 Å². The largest absolute Gasteiger partial charge is 0.416 e. The van der Waals surface area contributed by atoms with Crippen LogP contribution in [-0.4, -0.2) is 43.7 Å². The molecule has 0 saturated carbocycles. The summed E-state index contributed by atoms with van der Waals surface area (Å²) >= 11 is 1.38. The van der Waals surface area contributed by atoms with Crippen LogP contribution < -0.4 is 4.90 Å². The van der Waals surface area contributed by atoms with Crippen LogP contribution in [0.25, 0.3) is 0 Å². The van der Waals surface area contributed by atoms with Gasteiger partial charge in [-0.05, 0) is 30.3 Å². The van der Waals surface area contributed by atoms with Gasteiger partial charge in [0, 0.05) is 35.8 Å². The highest BCUT2D eigenvalue weighted by atomic mass is 32.2. The number of amides is 1. The molecular weight excluding hydrogens is 389 g/mol. The number of carbonyl (C=O) groups is 1. The van der Waals surface area contributed by atoms with E-state index in [1.807, 2.05) is 12.1 Å². The average Bonchev–Trinajstić information content (AvgIpc) is 2.70. The van der Waals surface area contributed by atoms with Gasteiger partial charge in [-0.1, -0.05) is 23.9 Å². The Hall–Kier alpha value is -2.03. The highest BCUT2D eigenvalue weighted by molar-refractivity contribution is 7.99. The summed E-state index contributed by atoms with van der Waals surface area (Å²) in [6, 6.07) is 10.9. The monoisotopic (exact) mass is 408 g/mol. The molecule has 1 saturated heterocycles. The van der Waals surface area contributed by atoms with Gasteiger partial charge in [0.1, 0.15) is 0 Å². The number of para-hydroxylation sites is 1. The van der Waals surface area contributed by atoms with Crippen LogP contribution in [-0.2, 0) is 15.7 Å². The molecule has 2 aliphatic heterocycles. The van der Waals surface area contributed by atoms with Crippen LogP contribution in [0.5, 0.6) is 0 Å². The Morgan fingerprint density at radius 1 is 1.04 bits per heavy atom. The van der Waals surface area contributed by atoms with Crippen molar-refractivity contribution < 1.29 is 22.7 Å². The number of benzene rings is 2. The first-order chi connectivity index (χ1) is 13.4. The number of fused-ring (bicyclic) bond motifs is 2. The molecule has 8 heteroatoms. The Bertz CT molecular complexity index is 882. The maximum absolute atomic E-state index is 13.2. The molecule has 2 heterocycles. The lowest BCUT2D eigenvalue weighted by atomic mass is 10.1. The molecule has 1 fully saturated rings. The van der Waals surface area contributed by atoms with Crippen molar-refractivity contribution in [3.05, 3.63) is 48.0 Å². The van der Waals surface area contributed by atoms with Gasteiger partial charge < -0.3 is 4.74 Å². The van der Waals surface area contributed by atoms with Crippen molar-refractivity contribution in [2.75, 3.05) is 37.7 Å². The number of anilines is 2. The van der Waals surface area contributed by atoms with Gasteiger partial charge in [-0.2, -0.15) is 13.2 Å². The topological polar surface area (TPSA) is 32.8 Å². The van der Waals surface area contributed by atoms with Gasteiger partial charge in [0.05, 0.1) is 30.2 Å². The van der Waals surface area contributed by atoms with Gasteiger partial charge in [0.15, 0.2) is 0 Å². The van der Waals surface area contributed by atoms with Gasteiger partial charge in [-0.25, -0.2) is 0 Å². The molecule has 28 heavy (non-hydrogen) atoms. The molecule has 0 N–H and O–H groups in total. The summed E-state index contributed by atoms with van der Waals surface area (Å²) < 4.78 is 45.0. The summed E-state index contributed by atoms with van der Waals surface area (Å²) in [6.07, 6.45) is -4.23. The number of carbonyl (C=O) groups excluding carboxylic acids is 1. The van der Waals surface area contributed by atoms with Gasteiger partial charge in [-0.15, -0.1) is 0 Å². The van der Waals surface area contributed by atoms with Crippen molar-refractivity contribution in [3.63, 3.8) is 0 Å². The lowest BCUT2D eigenvalue weighted by Gasteiger charge is -2.33. The summed E-state index contributed by atoms with van der Waals surface area (Å²) in [7, 11) is 0. The minimum absolute atomic E-state index is 0.209. The first kappa shape index (κ1) is 19.3. The molecule has 0 aromatic heterocycles. The smallest absolute Gasteiger partial charge is 0.379 e. The van der Waals surface area contributed by atoms with E-state index in [9.17, 15) is 18.0 Å². The van der Waals surface area contributed by atoms with Crippen molar-refractivity contribution in [1.82, 2.24) is 4.90 Å². The molecule has 4 rings (SSSR count). The maximum Gasteiger partial charge on any atom is 0.416 e. The van der Waals surface area contributed by atoms with Crippen LogP contribution >= 0.6 is 11.8 Å². The number of hydrogen-bond donors (Lipinski definition) is 0. The van der Waals surface area contributed by atoms with E-state index in [0.29, 0.717) is 36.0 Å². The van der Waals surface area contributed by atoms with Crippen LogP contribution in [0, 0.1) is 0 Å². The van der Waals surface area contributed by atoms with Crippen LogP contribution in [0.2, 0.25) is 0 Å². The van der Waals surface area contributed by atoms with E-state index >= 15 is 0 Å². The molecule has 2 aliphatic rings. The van der Waals surface area contributed by atoms with Gasteiger partial charge in [0.2, 0.25) is 5.91 Å². The molecule has 2 aromatic carbocycles. The summed E-state index contributed by atoms with van der Waals surface area (Å²) in [4.78, 5) is 18.2. The van der Waals surface area contributed by atoms with Crippen LogP contribution in [0.15, 0.2) is 52.3 Å². The van der Waals surface area contributed by atoms with Gasteiger partial charge in [0.25, 0.3) is 0 Å². The second-order valence-electron chi connectivity index (χ2n) is 6.68. The van der Waals surface area contributed by atoms with Crippen LogP contribution in [0.3, 0.4) is 0 Å². The fourth-order valence-electron chi connectivity index (χ4n) is 3.39. The Balaban J connectivity index is 1.65. The Labute approximate surface area is 165 Å². The number of hydrogen-bond acceptors (Lipinski definition) is 4. The number of ether oxygens (including phenoxy) is 1. The predicted molar refractivity (Wildman–Crippen MR) is 101 cm³/mol. The number of rotatable bonds is 3. The SMILES string of the molecule is O=C(CCN1CCOCC1)N1c2ccccc2Sc2ccc(C(F)(F)F)cc21. The molecule has 1 amide bonds. The highest BCUT2D eigenvalue weighted by Crippen LogP contribution is 2.49. The molecule has 4 nitrogen and oxygen atoms in total. The molecule has 0 spiro atoms. The highest BCUT2D eigenvalue weighted by Gasteiger charge is 2.34. The molecule has 0 unspecified atom stereocenters. The van der Waals surface area contributed by atoms with E-state index < -0.39 is 11.7 Å². The molecule has 148 valence electrons. The van der Waals surface area contributed by atoms with Crippen molar-refractivity contribution in [3.8, 4) is 0 Å². The van der Waals surface area contributed by atoms with E-state index in [0.717, 1.165) is 30.1 Å². The second-order valence-corrected chi connectivity index (χ2v) is 7.77. The molecule has 2 aromatic rings. The van der Waals surface area contributed by atoms with Gasteiger partial charge >= 0.3 is 6.18 Å². The zero-order valence-electron chi connectivity index (χ0n) is 15.0. The third kappa shape index (κ3) is 3.90. The number of halogens is 3. The van der Waals surface area contributed by atoms with Crippen LogP contribution in [0.1, 0.15) is 12.0 Å². The lowest BCUT2D eigenvalue weighted by molar-refractivity contribution is -0.137. The van der Waals surface area contributed by atoms with E-state index in [1.165, 1.54) is 22.7 Å². The van der Waals surface area contributed by atoms with Crippen molar-refractivity contribution in [1.29, 1.82) is 0 Å². The van der Waals surface area contributed by atoms with E-state index in [-0.39, 0.29) is 12.3 Å². The van der Waals surface area contributed by atoms with E-state index in [1.54, 1.807) is 12.1 Å². The van der Waals surface area contributed by atoms with Crippen molar-refractivity contribution in [2.24, 2.45) is 0 Å². The molecule has 0 atom stereocenters. The third-order valence-corrected chi connectivity index (χ3v) is 5.98. The van der Waals surface area contributed by atoms with Gasteiger partial charge in [-0.3, -0.25) is 14.6 Å². The average molecular weight is 408 g/mol. The van der Waals surface area contributed by atoms with E-state index in [4.69, 9.17) is 4.74 Å². The first-order valence-electron chi connectivity index (χ1n) is 9.05. The third-order valence-electron chi connectivity index (χ3n) is 4.85. The minimum Gasteiger partial charge on any atom is -0.379 e. The van der Waals surface area contributed by atoms with Crippen LogP contribution in [0.4, 0.5) is 24.5 Å². The number of morpholine rings is 1. The predicted octanol–water partition coefficient (Wildman–Crippen LogP) is 4.56. The molecule has 0 bridgehead atoms. The zero-order valence-corrected chi connectivity index (χ0v) is 15.9. The molecule has 0 radical (unpaired) electrons. The fraction of sp³-hybridized carbons (Fsp3) is 0.350. The number of nitrogens with zero attached hydrogens (tertiary/aromatic N) is 2.